The number of halogens is 2. The number of nitrogens with two attached hydrogens (primary N) is 1. The minimum absolute atomic E-state index is 0.0704. The van der Waals surface area contributed by atoms with Gasteiger partial charge >= 0.3 is 0 Å². The van der Waals surface area contributed by atoms with Crippen LogP contribution in [0.1, 0.15) is 31.2 Å². The molecule has 3 rings (SSSR count). The van der Waals surface area contributed by atoms with Gasteiger partial charge in [-0.2, -0.15) is 0 Å². The Hall–Kier alpha value is -1.65. The molecule has 0 aromatic heterocycles. The number of benzene rings is 1. The van der Waals surface area contributed by atoms with E-state index in [-0.39, 0.29) is 17.5 Å². The molecule has 0 unspecified atom stereocenters. The summed E-state index contributed by atoms with van der Waals surface area (Å²) in [4.78, 5) is 4.17. The summed E-state index contributed by atoms with van der Waals surface area (Å²) in [5.41, 5.74) is 5.95. The maximum Gasteiger partial charge on any atom is 0.282 e. The molecule has 0 amide bonds. The van der Waals surface area contributed by atoms with Gasteiger partial charge in [0.05, 0.1) is 6.04 Å². The normalized spacial score (nSPS) is 23.9. The van der Waals surface area contributed by atoms with Crippen molar-refractivity contribution in [2.75, 3.05) is 6.61 Å². The average Bonchev–Trinajstić information content (AvgIpc) is 3.03. The number of hydrogen-bond acceptors (Lipinski definition) is 3. The Bertz CT molecular complexity index is 526. The molecule has 1 aliphatic carbocycles. The summed E-state index contributed by atoms with van der Waals surface area (Å²) in [7, 11) is 0. The van der Waals surface area contributed by atoms with E-state index in [1.807, 2.05) is 0 Å². The molecule has 0 bridgehead atoms. The number of amidine groups is 1. The second-order valence-electron chi connectivity index (χ2n) is 5.38. The molecule has 5 heteroatoms. The Morgan fingerprint density at radius 2 is 2.16 bits per heavy atom. The molecule has 0 saturated heterocycles. The third-order valence-corrected chi connectivity index (χ3v) is 4.05. The fourth-order valence-corrected chi connectivity index (χ4v) is 2.75. The highest BCUT2D eigenvalue weighted by molar-refractivity contribution is 5.73. The molecule has 1 aromatic carbocycles. The Morgan fingerprint density at radius 1 is 1.37 bits per heavy atom. The lowest BCUT2D eigenvalue weighted by Crippen LogP contribution is -2.14. The van der Waals surface area contributed by atoms with E-state index in [0.717, 1.165) is 31.7 Å². The summed E-state index contributed by atoms with van der Waals surface area (Å²) < 4.78 is 31.9. The fraction of sp³-hybridized carbons (Fsp3) is 0.500. The third-order valence-electron chi connectivity index (χ3n) is 4.05. The van der Waals surface area contributed by atoms with Gasteiger partial charge in [-0.3, -0.25) is 0 Å². The van der Waals surface area contributed by atoms with Crippen molar-refractivity contribution in [2.45, 2.75) is 37.1 Å². The van der Waals surface area contributed by atoms with Gasteiger partial charge in [-0.05, 0) is 42.7 Å². The first-order valence-electron chi connectivity index (χ1n) is 6.51. The first kappa shape index (κ1) is 12.4. The van der Waals surface area contributed by atoms with Gasteiger partial charge in [-0.25, -0.2) is 13.8 Å². The molecule has 1 aromatic rings. The van der Waals surface area contributed by atoms with Crippen LogP contribution in [0, 0.1) is 11.6 Å². The Morgan fingerprint density at radius 3 is 2.74 bits per heavy atom. The first-order valence-corrected chi connectivity index (χ1v) is 6.51. The standard InChI is InChI=1S/C14H16F2N2O/c15-9-1-2-11(12(16)7-9)14(5-6-14)4-3-10-8-19-13(17)18-10/h1-2,7,10H,3-6,8H2,(H2,17,18)/t10-/m0/s1. The molecule has 1 saturated carbocycles. The van der Waals surface area contributed by atoms with Gasteiger partial charge in [0.2, 0.25) is 0 Å². The second kappa shape index (κ2) is 4.47. The Kier molecular flexibility index (Phi) is 2.92. The van der Waals surface area contributed by atoms with E-state index in [4.69, 9.17) is 10.5 Å². The fourth-order valence-electron chi connectivity index (χ4n) is 2.75. The van der Waals surface area contributed by atoms with Crippen LogP contribution in [0.2, 0.25) is 0 Å². The average molecular weight is 266 g/mol. The lowest BCUT2D eigenvalue weighted by molar-refractivity contribution is 0.302. The van der Waals surface area contributed by atoms with Crippen LogP contribution in [-0.4, -0.2) is 18.7 Å². The summed E-state index contributed by atoms with van der Waals surface area (Å²) >= 11 is 0. The van der Waals surface area contributed by atoms with Crippen LogP contribution < -0.4 is 5.73 Å². The molecule has 19 heavy (non-hydrogen) atoms. The van der Waals surface area contributed by atoms with Crippen LogP contribution in [-0.2, 0) is 10.2 Å². The summed E-state index contributed by atoms with van der Waals surface area (Å²) in [5.74, 6) is -0.971. The van der Waals surface area contributed by atoms with Crippen LogP contribution in [0.25, 0.3) is 0 Å². The van der Waals surface area contributed by atoms with E-state index in [0.29, 0.717) is 12.2 Å². The predicted molar refractivity (Wildman–Crippen MR) is 67.9 cm³/mol. The van der Waals surface area contributed by atoms with E-state index < -0.39 is 11.6 Å². The van der Waals surface area contributed by atoms with E-state index in [1.54, 1.807) is 6.07 Å². The molecule has 1 heterocycles. The van der Waals surface area contributed by atoms with Gasteiger partial charge in [-0.15, -0.1) is 0 Å². The summed E-state index contributed by atoms with van der Waals surface area (Å²) in [6.45, 7) is 0.508. The third kappa shape index (κ3) is 2.41. The van der Waals surface area contributed by atoms with Crippen LogP contribution in [0.3, 0.4) is 0 Å². The topological polar surface area (TPSA) is 47.6 Å². The molecule has 3 nitrogen and oxygen atoms in total. The number of aliphatic imine (C=N–C) groups is 1. The summed E-state index contributed by atoms with van der Waals surface area (Å²) in [6, 6.07) is 4.17. The van der Waals surface area contributed by atoms with Crippen molar-refractivity contribution in [3.8, 4) is 0 Å². The van der Waals surface area contributed by atoms with E-state index >= 15 is 0 Å². The first-order chi connectivity index (χ1) is 9.09. The summed E-state index contributed by atoms with van der Waals surface area (Å²) in [6.07, 6.45) is 3.54. The van der Waals surface area contributed by atoms with Crippen LogP contribution in [0.4, 0.5) is 8.78 Å². The highest BCUT2D eigenvalue weighted by atomic mass is 19.1. The molecular weight excluding hydrogens is 250 g/mol. The van der Waals surface area contributed by atoms with Gasteiger partial charge in [0.1, 0.15) is 18.2 Å². The van der Waals surface area contributed by atoms with Crippen molar-refractivity contribution in [1.82, 2.24) is 0 Å². The number of hydrogen-bond donors (Lipinski definition) is 1. The maximum absolute atomic E-state index is 13.8. The van der Waals surface area contributed by atoms with Crippen molar-refractivity contribution in [3.05, 3.63) is 35.4 Å². The second-order valence-corrected chi connectivity index (χ2v) is 5.38. The number of nitrogens with zero attached hydrogens (tertiary/aromatic N) is 1. The van der Waals surface area contributed by atoms with Gasteiger partial charge in [-0.1, -0.05) is 6.07 Å². The SMILES string of the molecule is NC1=N[C@@H](CCC2(c3ccc(F)cc3F)CC2)CO1. The van der Waals surface area contributed by atoms with Crippen molar-refractivity contribution < 1.29 is 13.5 Å². The molecule has 0 spiro atoms. The van der Waals surface area contributed by atoms with Crippen LogP contribution in [0.5, 0.6) is 0 Å². The highest BCUT2D eigenvalue weighted by Crippen LogP contribution is 2.52. The quantitative estimate of drug-likeness (QED) is 0.910. The van der Waals surface area contributed by atoms with Gasteiger partial charge < -0.3 is 10.5 Å². The molecule has 102 valence electrons. The molecular formula is C14H16F2N2O. The molecule has 1 aliphatic heterocycles. The van der Waals surface area contributed by atoms with Crippen molar-refractivity contribution >= 4 is 6.02 Å². The molecule has 1 atom stereocenters. The van der Waals surface area contributed by atoms with Gasteiger partial charge in [0, 0.05) is 6.07 Å². The highest BCUT2D eigenvalue weighted by Gasteiger charge is 2.45. The van der Waals surface area contributed by atoms with Gasteiger partial charge in [0.15, 0.2) is 0 Å². The zero-order chi connectivity index (χ0) is 13.5. The monoisotopic (exact) mass is 266 g/mol. The van der Waals surface area contributed by atoms with Crippen molar-refractivity contribution in [2.24, 2.45) is 10.7 Å². The van der Waals surface area contributed by atoms with E-state index in [2.05, 4.69) is 4.99 Å². The lowest BCUT2D eigenvalue weighted by Gasteiger charge is -2.17. The smallest absolute Gasteiger partial charge is 0.282 e. The van der Waals surface area contributed by atoms with Gasteiger partial charge in [0.25, 0.3) is 6.02 Å². The van der Waals surface area contributed by atoms with E-state index in [9.17, 15) is 8.78 Å². The van der Waals surface area contributed by atoms with Crippen molar-refractivity contribution in [3.63, 3.8) is 0 Å². The molecule has 0 radical (unpaired) electrons. The minimum atomic E-state index is -0.529. The maximum atomic E-state index is 13.8. The van der Waals surface area contributed by atoms with Crippen LogP contribution >= 0.6 is 0 Å². The largest absolute Gasteiger partial charge is 0.463 e. The Labute approximate surface area is 110 Å². The number of rotatable bonds is 4. The van der Waals surface area contributed by atoms with Crippen LogP contribution in [0.15, 0.2) is 23.2 Å². The zero-order valence-corrected chi connectivity index (χ0v) is 10.5. The molecule has 2 aliphatic rings. The minimum Gasteiger partial charge on any atom is -0.463 e. The molecule has 1 fully saturated rings. The molecule has 2 N–H and O–H groups in total. The lowest BCUT2D eigenvalue weighted by atomic mass is 9.89. The predicted octanol–water partition coefficient (Wildman–Crippen LogP) is 2.49. The van der Waals surface area contributed by atoms with Crippen molar-refractivity contribution in [1.29, 1.82) is 0 Å². The summed E-state index contributed by atoms with van der Waals surface area (Å²) in [5, 5.41) is 0. The zero-order valence-electron chi connectivity index (χ0n) is 10.5. The number of ether oxygens (including phenoxy) is 1. The Balaban J connectivity index is 1.69. The van der Waals surface area contributed by atoms with E-state index in [1.165, 1.54) is 6.07 Å².